The van der Waals surface area contributed by atoms with Crippen LogP contribution in [0.1, 0.15) is 18.1 Å². The highest BCUT2D eigenvalue weighted by Crippen LogP contribution is 2.17. The summed E-state index contributed by atoms with van der Waals surface area (Å²) < 4.78 is 5.21. The van der Waals surface area contributed by atoms with E-state index in [4.69, 9.17) is 15.1 Å². The lowest BCUT2D eigenvalue weighted by Gasteiger charge is -2.05. The van der Waals surface area contributed by atoms with Crippen LogP contribution < -0.4 is 4.74 Å². The molecular weight excluding hydrogens is 166 g/mol. The molecule has 1 N–H and O–H groups in total. The minimum Gasteiger partial charge on any atom is -0.494 e. The fourth-order valence-corrected chi connectivity index (χ4v) is 1.01. The first-order chi connectivity index (χ1) is 6.31. The van der Waals surface area contributed by atoms with Gasteiger partial charge in [-0.05, 0) is 25.1 Å². The molecule has 0 aromatic heterocycles. The number of aliphatic hydroxyl groups excluding tert-OH is 1. The van der Waals surface area contributed by atoms with Crippen molar-refractivity contribution in [1.29, 1.82) is 5.26 Å². The van der Waals surface area contributed by atoms with E-state index < -0.39 is 0 Å². The minimum absolute atomic E-state index is 0.436. The van der Waals surface area contributed by atoms with Crippen LogP contribution in [-0.4, -0.2) is 11.7 Å². The molecule has 13 heavy (non-hydrogen) atoms. The van der Waals surface area contributed by atoms with Gasteiger partial charge in [-0.25, -0.2) is 0 Å². The van der Waals surface area contributed by atoms with Crippen molar-refractivity contribution in [2.75, 3.05) is 6.61 Å². The Bertz CT molecular complexity index is 328. The summed E-state index contributed by atoms with van der Waals surface area (Å²) in [7, 11) is 0. The average Bonchev–Trinajstić information content (AvgIpc) is 2.18. The Labute approximate surface area is 77.2 Å². The molecule has 0 atom stereocenters. The van der Waals surface area contributed by atoms with E-state index in [1.165, 1.54) is 0 Å². The Morgan fingerprint density at radius 1 is 1.62 bits per heavy atom. The smallest absolute Gasteiger partial charge is 0.119 e. The van der Waals surface area contributed by atoms with Gasteiger partial charge in [0.05, 0.1) is 18.2 Å². The van der Waals surface area contributed by atoms with E-state index in [-0.39, 0.29) is 0 Å². The normalized spacial score (nSPS) is 9.31. The summed E-state index contributed by atoms with van der Waals surface area (Å²) in [5, 5.41) is 17.5. The second-order valence-corrected chi connectivity index (χ2v) is 2.42. The molecule has 0 saturated heterocycles. The molecule has 0 aliphatic rings. The molecule has 1 aromatic rings. The van der Waals surface area contributed by atoms with Crippen molar-refractivity contribution in [2.45, 2.75) is 6.92 Å². The molecule has 0 amide bonds. The molecule has 1 rings (SSSR count). The van der Waals surface area contributed by atoms with E-state index in [9.17, 15) is 0 Å². The van der Waals surface area contributed by atoms with Crippen LogP contribution in [0.15, 0.2) is 18.2 Å². The maximum absolute atomic E-state index is 8.81. The average molecular weight is 176 g/mol. The molecule has 0 spiro atoms. The maximum Gasteiger partial charge on any atom is 0.119 e. The molecule has 0 fully saturated rings. The van der Waals surface area contributed by atoms with Crippen molar-refractivity contribution < 1.29 is 9.84 Å². The van der Waals surface area contributed by atoms with Crippen molar-refractivity contribution in [3.05, 3.63) is 35.9 Å². The highest BCUT2D eigenvalue weighted by molar-refractivity contribution is 5.45. The van der Waals surface area contributed by atoms with Crippen LogP contribution in [0, 0.1) is 17.9 Å². The molecule has 67 valence electrons. The lowest BCUT2D eigenvalue weighted by Crippen LogP contribution is -1.94. The molecule has 0 unspecified atom stereocenters. The quantitative estimate of drug-likeness (QED) is 0.764. The molecule has 1 radical (unpaired) electrons. The zero-order chi connectivity index (χ0) is 9.68. The fraction of sp³-hybridized carbons (Fsp3) is 0.200. The van der Waals surface area contributed by atoms with E-state index in [1.54, 1.807) is 18.2 Å². The summed E-state index contributed by atoms with van der Waals surface area (Å²) in [6, 6.07) is 6.92. The Kier molecular flexibility index (Phi) is 3.30. The predicted molar refractivity (Wildman–Crippen MR) is 47.7 cm³/mol. The van der Waals surface area contributed by atoms with Crippen molar-refractivity contribution in [3.8, 4) is 11.8 Å². The number of rotatable bonds is 3. The van der Waals surface area contributed by atoms with Crippen molar-refractivity contribution in [3.63, 3.8) is 0 Å². The summed E-state index contributed by atoms with van der Waals surface area (Å²) in [5.74, 6) is 0.654. The van der Waals surface area contributed by atoms with E-state index >= 15 is 0 Å². The van der Waals surface area contributed by atoms with Gasteiger partial charge < -0.3 is 9.84 Å². The molecular formula is C10H10NO2. The summed E-state index contributed by atoms with van der Waals surface area (Å²) >= 11 is 0. The molecule has 0 heterocycles. The van der Waals surface area contributed by atoms with Gasteiger partial charge >= 0.3 is 0 Å². The molecule has 0 aliphatic carbocycles. The number of benzene rings is 1. The zero-order valence-corrected chi connectivity index (χ0v) is 7.32. The highest BCUT2D eigenvalue weighted by Gasteiger charge is 2.02. The van der Waals surface area contributed by atoms with Crippen molar-refractivity contribution >= 4 is 0 Å². The van der Waals surface area contributed by atoms with Gasteiger partial charge in [0, 0.05) is 5.56 Å². The SMILES string of the molecule is CCOc1ccc(C#N)c([CH]O)c1. The molecule has 0 bridgehead atoms. The predicted octanol–water partition coefficient (Wildman–Crippen LogP) is 1.84. The minimum atomic E-state index is 0.436. The third kappa shape index (κ3) is 2.20. The molecule has 3 nitrogen and oxygen atoms in total. The van der Waals surface area contributed by atoms with Gasteiger partial charge in [0.1, 0.15) is 12.4 Å². The van der Waals surface area contributed by atoms with Crippen LogP contribution in [0.3, 0.4) is 0 Å². The monoisotopic (exact) mass is 176 g/mol. The number of nitriles is 1. The number of aliphatic hydroxyl groups is 1. The van der Waals surface area contributed by atoms with Gasteiger partial charge in [-0.2, -0.15) is 5.26 Å². The van der Waals surface area contributed by atoms with Crippen molar-refractivity contribution in [2.24, 2.45) is 0 Å². The van der Waals surface area contributed by atoms with Crippen molar-refractivity contribution in [1.82, 2.24) is 0 Å². The summed E-state index contributed by atoms with van der Waals surface area (Å²) in [6.07, 6.45) is 0. The first-order valence-electron chi connectivity index (χ1n) is 3.96. The van der Waals surface area contributed by atoms with E-state index in [0.29, 0.717) is 23.5 Å². The number of hydrogen-bond donors (Lipinski definition) is 1. The van der Waals surface area contributed by atoms with Gasteiger partial charge in [-0.1, -0.05) is 0 Å². The topological polar surface area (TPSA) is 53.2 Å². The summed E-state index contributed by atoms with van der Waals surface area (Å²) in [6.45, 7) is 3.35. The number of ether oxygens (including phenoxy) is 1. The van der Waals surface area contributed by atoms with Gasteiger partial charge in [0.15, 0.2) is 0 Å². The van der Waals surface area contributed by atoms with Crippen LogP contribution in [0.4, 0.5) is 0 Å². The second-order valence-electron chi connectivity index (χ2n) is 2.42. The van der Waals surface area contributed by atoms with Crippen LogP contribution in [-0.2, 0) is 0 Å². The third-order valence-electron chi connectivity index (χ3n) is 1.59. The molecule has 0 aliphatic heterocycles. The Hall–Kier alpha value is -1.53. The highest BCUT2D eigenvalue weighted by atomic mass is 16.5. The summed E-state index contributed by atoms with van der Waals surface area (Å²) in [5.41, 5.74) is 0.916. The fourth-order valence-electron chi connectivity index (χ4n) is 1.01. The standard InChI is InChI=1S/C10H10NO2/c1-2-13-10-4-3-8(6-11)9(5-10)7-12/h3-5,7,12H,2H2,1H3. The van der Waals surface area contributed by atoms with Crippen LogP contribution in [0.25, 0.3) is 0 Å². The Morgan fingerprint density at radius 3 is 2.92 bits per heavy atom. The summed E-state index contributed by atoms with van der Waals surface area (Å²) in [4.78, 5) is 0. The van der Waals surface area contributed by atoms with E-state index in [2.05, 4.69) is 0 Å². The van der Waals surface area contributed by atoms with Gasteiger partial charge in [0.2, 0.25) is 0 Å². The number of hydrogen-bond acceptors (Lipinski definition) is 3. The maximum atomic E-state index is 8.81. The van der Waals surface area contributed by atoms with Crippen LogP contribution >= 0.6 is 0 Å². The Balaban J connectivity index is 3.00. The molecule has 1 aromatic carbocycles. The third-order valence-corrected chi connectivity index (χ3v) is 1.59. The van der Waals surface area contributed by atoms with Gasteiger partial charge in [0.25, 0.3) is 0 Å². The first-order valence-corrected chi connectivity index (χ1v) is 3.96. The van der Waals surface area contributed by atoms with Crippen LogP contribution in [0.5, 0.6) is 5.75 Å². The van der Waals surface area contributed by atoms with Gasteiger partial charge in [-0.15, -0.1) is 0 Å². The second kappa shape index (κ2) is 4.48. The molecule has 0 saturated carbocycles. The first kappa shape index (κ1) is 9.56. The largest absolute Gasteiger partial charge is 0.494 e. The lowest BCUT2D eigenvalue weighted by molar-refractivity contribution is 0.339. The number of nitrogens with zero attached hydrogens (tertiary/aromatic N) is 1. The van der Waals surface area contributed by atoms with Gasteiger partial charge in [-0.3, -0.25) is 0 Å². The Morgan fingerprint density at radius 2 is 2.38 bits per heavy atom. The lowest BCUT2D eigenvalue weighted by atomic mass is 10.1. The van der Waals surface area contributed by atoms with E-state index in [0.717, 1.165) is 6.61 Å². The van der Waals surface area contributed by atoms with Crippen LogP contribution in [0.2, 0.25) is 0 Å². The molecule has 3 heteroatoms. The van der Waals surface area contributed by atoms with E-state index in [1.807, 2.05) is 13.0 Å². The zero-order valence-electron chi connectivity index (χ0n) is 7.32.